The predicted molar refractivity (Wildman–Crippen MR) is 113 cm³/mol. The topological polar surface area (TPSA) is 44.4 Å². The zero-order valence-corrected chi connectivity index (χ0v) is 16.6. The second-order valence-corrected chi connectivity index (χ2v) is 7.44. The maximum atomic E-state index is 12.4. The fourth-order valence-corrected chi connectivity index (χ4v) is 3.82. The molecule has 136 valence electrons. The van der Waals surface area contributed by atoms with Crippen molar-refractivity contribution in [3.63, 3.8) is 0 Å². The lowest BCUT2D eigenvalue weighted by Crippen LogP contribution is -2.35. The zero-order valence-electron chi connectivity index (χ0n) is 14.3. The minimum Gasteiger partial charge on any atom is -0.369 e. The molecule has 4 nitrogen and oxygen atoms in total. The van der Waals surface area contributed by atoms with Crippen molar-refractivity contribution >= 4 is 57.8 Å². The molecule has 0 atom stereocenters. The summed E-state index contributed by atoms with van der Waals surface area (Å²) in [5, 5.41) is 7.02. The van der Waals surface area contributed by atoms with Gasteiger partial charge >= 0.3 is 0 Å². The third-order valence-corrected chi connectivity index (χ3v) is 5.08. The van der Waals surface area contributed by atoms with Gasteiger partial charge in [-0.2, -0.15) is 0 Å². The second-order valence-electron chi connectivity index (χ2n) is 6.22. The molecule has 0 radical (unpaired) electrons. The first-order valence-corrected chi connectivity index (χ1v) is 9.54. The summed E-state index contributed by atoms with van der Waals surface area (Å²) < 4.78 is 0. The van der Waals surface area contributed by atoms with Crippen LogP contribution in [0.3, 0.4) is 0 Å². The first kappa shape index (κ1) is 19.0. The van der Waals surface area contributed by atoms with E-state index in [-0.39, 0.29) is 11.0 Å². The van der Waals surface area contributed by atoms with Gasteiger partial charge in [-0.3, -0.25) is 10.1 Å². The number of rotatable bonds is 3. The van der Waals surface area contributed by atoms with Crippen molar-refractivity contribution in [2.45, 2.75) is 19.8 Å². The van der Waals surface area contributed by atoms with Crippen LogP contribution in [-0.2, 0) is 0 Å². The Morgan fingerprint density at radius 3 is 2.54 bits per heavy atom. The second kappa shape index (κ2) is 8.25. The molecule has 2 aromatic carbocycles. The zero-order chi connectivity index (χ0) is 18.7. The van der Waals surface area contributed by atoms with Gasteiger partial charge in [0, 0.05) is 13.1 Å². The normalized spacial score (nSPS) is 13.6. The third kappa shape index (κ3) is 4.29. The lowest BCUT2D eigenvalue weighted by Gasteiger charge is -2.23. The Morgan fingerprint density at radius 1 is 1.12 bits per heavy atom. The van der Waals surface area contributed by atoms with Gasteiger partial charge in [0.25, 0.3) is 5.91 Å². The van der Waals surface area contributed by atoms with Crippen LogP contribution in [-0.4, -0.2) is 24.1 Å². The van der Waals surface area contributed by atoms with E-state index in [9.17, 15) is 4.79 Å². The number of para-hydroxylation sites is 1. The monoisotopic (exact) mass is 407 g/mol. The van der Waals surface area contributed by atoms with E-state index in [1.807, 2.05) is 31.2 Å². The van der Waals surface area contributed by atoms with Gasteiger partial charge in [-0.25, -0.2) is 0 Å². The minimum absolute atomic E-state index is 0.203. The number of carbonyl (C=O) groups is 1. The van der Waals surface area contributed by atoms with Gasteiger partial charge in [0.15, 0.2) is 5.11 Å². The Balaban J connectivity index is 1.74. The lowest BCUT2D eigenvalue weighted by molar-refractivity contribution is 0.0978. The number of carbonyl (C=O) groups excluding carboxylic acids is 1. The summed E-state index contributed by atoms with van der Waals surface area (Å²) in [5.74, 6) is -0.350. The molecule has 1 heterocycles. The molecule has 0 bridgehead atoms. The average molecular weight is 408 g/mol. The lowest BCUT2D eigenvalue weighted by atomic mass is 10.1. The van der Waals surface area contributed by atoms with E-state index in [1.54, 1.807) is 12.1 Å². The Hall–Kier alpha value is -1.82. The van der Waals surface area contributed by atoms with Crippen LogP contribution in [0, 0.1) is 6.92 Å². The van der Waals surface area contributed by atoms with Crippen molar-refractivity contribution in [2.75, 3.05) is 23.3 Å². The molecule has 0 aliphatic carbocycles. The number of nitrogens with zero attached hydrogens (tertiary/aromatic N) is 1. The number of hydrogen-bond acceptors (Lipinski definition) is 3. The summed E-state index contributed by atoms with van der Waals surface area (Å²) in [7, 11) is 0. The highest BCUT2D eigenvalue weighted by Crippen LogP contribution is 2.35. The summed E-state index contributed by atoms with van der Waals surface area (Å²) in [6.07, 6.45) is 2.27. The number of nitrogens with one attached hydrogen (secondary N) is 2. The van der Waals surface area contributed by atoms with Crippen LogP contribution in [0.1, 0.15) is 28.8 Å². The number of thiocarbonyl (C=S) groups is 1. The Labute approximate surface area is 168 Å². The molecule has 2 aromatic rings. The fraction of sp³-hybridized carbons (Fsp3) is 0.263. The van der Waals surface area contributed by atoms with Crippen LogP contribution in [0.2, 0.25) is 10.0 Å². The van der Waals surface area contributed by atoms with Crippen molar-refractivity contribution in [2.24, 2.45) is 0 Å². The van der Waals surface area contributed by atoms with Crippen molar-refractivity contribution in [3.05, 3.63) is 57.6 Å². The molecule has 0 saturated carbocycles. The molecular weight excluding hydrogens is 389 g/mol. The van der Waals surface area contributed by atoms with Crippen LogP contribution >= 0.6 is 35.4 Å². The van der Waals surface area contributed by atoms with E-state index in [2.05, 4.69) is 15.5 Å². The highest BCUT2D eigenvalue weighted by atomic mass is 35.5. The molecule has 0 spiro atoms. The molecule has 1 amide bonds. The largest absolute Gasteiger partial charge is 0.369 e. The number of benzene rings is 2. The van der Waals surface area contributed by atoms with Crippen molar-refractivity contribution in [1.82, 2.24) is 5.32 Å². The van der Waals surface area contributed by atoms with Gasteiger partial charge in [0.1, 0.15) is 0 Å². The van der Waals surface area contributed by atoms with E-state index in [4.69, 9.17) is 35.4 Å². The average Bonchev–Trinajstić information content (AvgIpc) is 3.08. The Kier molecular flexibility index (Phi) is 6.01. The summed E-state index contributed by atoms with van der Waals surface area (Å²) >= 11 is 17.9. The standard InChI is InChI=1S/C19H19Cl2N3OS/c1-12-7-8-13(15(21)11-12)18(25)23-19(26)22-16-6-4-5-14(20)17(16)24-9-2-3-10-24/h4-8,11H,2-3,9-10H2,1H3,(H2,22,23,25,26). The van der Waals surface area contributed by atoms with Crippen LogP contribution in [0.4, 0.5) is 11.4 Å². The number of anilines is 2. The first-order chi connectivity index (χ1) is 12.5. The number of amides is 1. The molecule has 7 heteroatoms. The highest BCUT2D eigenvalue weighted by Gasteiger charge is 2.20. The maximum Gasteiger partial charge on any atom is 0.258 e. The van der Waals surface area contributed by atoms with Crippen LogP contribution in [0.5, 0.6) is 0 Å². The van der Waals surface area contributed by atoms with Crippen molar-refractivity contribution < 1.29 is 4.79 Å². The van der Waals surface area contributed by atoms with E-state index in [1.165, 1.54) is 0 Å². The highest BCUT2D eigenvalue weighted by molar-refractivity contribution is 7.80. The molecule has 0 aromatic heterocycles. The van der Waals surface area contributed by atoms with Crippen molar-refractivity contribution in [1.29, 1.82) is 0 Å². The van der Waals surface area contributed by atoms with Gasteiger partial charge < -0.3 is 10.2 Å². The molecule has 3 rings (SSSR count). The summed E-state index contributed by atoms with van der Waals surface area (Å²) in [4.78, 5) is 14.7. The summed E-state index contributed by atoms with van der Waals surface area (Å²) in [5.41, 5.74) is 3.06. The molecule has 26 heavy (non-hydrogen) atoms. The van der Waals surface area contributed by atoms with Gasteiger partial charge in [-0.05, 0) is 61.8 Å². The molecule has 0 unspecified atom stereocenters. The minimum atomic E-state index is -0.350. The fourth-order valence-electron chi connectivity index (χ4n) is 3.01. The predicted octanol–water partition coefficient (Wildman–Crippen LogP) is 5.03. The molecule has 1 aliphatic rings. The molecule has 1 aliphatic heterocycles. The van der Waals surface area contributed by atoms with Crippen LogP contribution in [0.15, 0.2) is 36.4 Å². The van der Waals surface area contributed by atoms with E-state index in [0.29, 0.717) is 15.6 Å². The van der Waals surface area contributed by atoms with Crippen LogP contribution in [0.25, 0.3) is 0 Å². The summed E-state index contributed by atoms with van der Waals surface area (Å²) in [6, 6.07) is 10.9. The van der Waals surface area contributed by atoms with Gasteiger partial charge in [-0.15, -0.1) is 0 Å². The number of hydrogen-bond donors (Lipinski definition) is 2. The molecule has 2 N–H and O–H groups in total. The van der Waals surface area contributed by atoms with E-state index in [0.717, 1.165) is 42.9 Å². The van der Waals surface area contributed by atoms with Gasteiger partial charge in [0.2, 0.25) is 0 Å². The number of halogens is 2. The first-order valence-electron chi connectivity index (χ1n) is 8.37. The molecule has 1 saturated heterocycles. The summed E-state index contributed by atoms with van der Waals surface area (Å²) in [6.45, 7) is 3.83. The van der Waals surface area contributed by atoms with E-state index < -0.39 is 0 Å². The van der Waals surface area contributed by atoms with Gasteiger partial charge in [-0.1, -0.05) is 35.3 Å². The van der Waals surface area contributed by atoms with E-state index >= 15 is 0 Å². The number of aryl methyl sites for hydroxylation is 1. The van der Waals surface area contributed by atoms with Crippen molar-refractivity contribution in [3.8, 4) is 0 Å². The maximum absolute atomic E-state index is 12.4. The quantitative estimate of drug-likeness (QED) is 0.700. The van der Waals surface area contributed by atoms with Crippen LogP contribution < -0.4 is 15.5 Å². The molecule has 1 fully saturated rings. The third-order valence-electron chi connectivity index (χ3n) is 4.25. The Morgan fingerprint density at radius 2 is 1.85 bits per heavy atom. The van der Waals surface area contributed by atoms with Gasteiger partial charge in [0.05, 0.1) is 27.0 Å². The SMILES string of the molecule is Cc1ccc(C(=O)NC(=S)Nc2cccc(Cl)c2N2CCCC2)c(Cl)c1. The Bertz CT molecular complexity index is 851. The molecular formula is C19H19Cl2N3OS. The smallest absolute Gasteiger partial charge is 0.258 e.